The van der Waals surface area contributed by atoms with E-state index in [4.69, 9.17) is 0 Å². The fraction of sp³-hybridized carbons (Fsp3) is 0.817. The first-order valence-corrected chi connectivity index (χ1v) is 29.8. The Bertz CT molecular complexity index is 2200. The molecule has 10 atom stereocenters. The summed E-state index contributed by atoms with van der Waals surface area (Å²) >= 11 is 0. The molecule has 0 spiro atoms. The summed E-state index contributed by atoms with van der Waals surface area (Å²) in [5.41, 5.74) is 0. The summed E-state index contributed by atoms with van der Waals surface area (Å²) in [6.45, 7) is 30.2. The number of rotatable bonds is 14. The van der Waals surface area contributed by atoms with Crippen molar-refractivity contribution in [2.45, 2.75) is 223 Å². The molecule has 0 aliphatic carbocycles. The van der Waals surface area contributed by atoms with Gasteiger partial charge in [-0.15, -0.1) is 0 Å². The van der Waals surface area contributed by atoms with Crippen LogP contribution in [0.4, 0.5) is 0 Å². The number of nitrogens with zero attached hydrogens (tertiary/aromatic N) is 7. The lowest BCUT2D eigenvalue weighted by molar-refractivity contribution is -0.156. The van der Waals surface area contributed by atoms with E-state index < -0.39 is 144 Å². The Morgan fingerprint density at radius 3 is 1.15 bits per heavy atom. The number of carbonyl (C=O) groups excluding carboxylic acids is 11. The van der Waals surface area contributed by atoms with E-state index in [9.17, 15) is 47.9 Å². The molecule has 470 valence electrons. The maximum atomic E-state index is 15.0. The fourth-order valence-electron chi connectivity index (χ4n) is 10.4. The maximum absolute atomic E-state index is 15.0. The lowest BCUT2D eigenvalue weighted by Crippen LogP contribution is -2.61. The SMILES string of the molecule is CCC[C@@H]1NC(=O)[C@H](CC(C)C)N(C)C(=O)[C@H](C(C)C)N(C)C(=O)[C@H](CC(C)C)N(C)C(=O)[C@H](CC(C)C)N(C)C(=O)[C@@H](C)NC(=O)[C@H](C)NC(=O)[C@@H](CC(C)C)N(C)C(=O)[C@H](C(C)C)NC(=O)[C@@H](CC(C)C)N(C)C(=O)CN(C)C1=O. The summed E-state index contributed by atoms with van der Waals surface area (Å²) in [4.78, 5) is 168. The summed E-state index contributed by atoms with van der Waals surface area (Å²) in [7, 11) is 10.3. The van der Waals surface area contributed by atoms with Crippen LogP contribution in [-0.2, 0) is 52.7 Å². The molecule has 0 aromatic heterocycles. The van der Waals surface area contributed by atoms with Crippen LogP contribution >= 0.6 is 0 Å². The Balaban J connectivity index is 4.23. The van der Waals surface area contributed by atoms with Crippen molar-refractivity contribution < 1.29 is 52.7 Å². The van der Waals surface area contributed by atoms with Crippen molar-refractivity contribution in [3.05, 3.63) is 0 Å². The Morgan fingerprint density at radius 2 is 0.732 bits per heavy atom. The smallest absolute Gasteiger partial charge is 0.246 e. The number of amides is 11. The summed E-state index contributed by atoms with van der Waals surface area (Å²) in [6.07, 6.45) is 1.58. The number of nitrogens with one attached hydrogen (secondary N) is 4. The molecule has 1 aliphatic rings. The fourth-order valence-corrected chi connectivity index (χ4v) is 10.4. The van der Waals surface area contributed by atoms with Crippen LogP contribution in [0.1, 0.15) is 163 Å². The van der Waals surface area contributed by atoms with E-state index in [0.717, 1.165) is 0 Å². The van der Waals surface area contributed by atoms with Crippen LogP contribution in [-0.4, -0.2) is 216 Å². The van der Waals surface area contributed by atoms with Gasteiger partial charge < -0.3 is 55.6 Å². The Hall–Kier alpha value is -5.83. The van der Waals surface area contributed by atoms with Crippen molar-refractivity contribution in [1.82, 2.24) is 55.6 Å². The van der Waals surface area contributed by atoms with Gasteiger partial charge in [0.2, 0.25) is 65.0 Å². The standard InChI is InChI=1S/C60H109N11O11/c1-25-26-42-56(78)65(18)32-48(72)66(19)43(27-33(2)3)54(76)64-49(38(12)13)59(81)67(20)44(28-34(4)5)52(74)61-40(16)51(73)62-41(17)55(77)69(22)46(30-36(8)9)57(79)70(23)47(31-37(10)11)58(80)71(24)50(39(14)15)60(82)68(21)45(29-35(6)7)53(75)63-42/h33-47,49-50H,25-32H2,1-24H3,(H,61,74)(H,62,73)(H,63,75)(H,64,76)/t40-,41+,42-,43+,44+,45-,46-,47-,49-,50-/m0/s1. The highest BCUT2D eigenvalue weighted by Gasteiger charge is 2.44. The van der Waals surface area contributed by atoms with Gasteiger partial charge in [-0.3, -0.25) is 52.7 Å². The average Bonchev–Trinajstić information content (AvgIpc) is 3.47. The van der Waals surface area contributed by atoms with Crippen molar-refractivity contribution in [3.63, 3.8) is 0 Å². The van der Waals surface area contributed by atoms with E-state index in [1.807, 2.05) is 76.2 Å². The van der Waals surface area contributed by atoms with Gasteiger partial charge in [0.05, 0.1) is 6.54 Å². The molecular weight excluding hydrogens is 1050 g/mol. The second-order valence-corrected chi connectivity index (χ2v) is 25.9. The van der Waals surface area contributed by atoms with Gasteiger partial charge in [0, 0.05) is 49.3 Å². The second kappa shape index (κ2) is 33.5. The Morgan fingerprint density at radius 1 is 0.378 bits per heavy atom. The van der Waals surface area contributed by atoms with Crippen molar-refractivity contribution in [2.24, 2.45) is 41.4 Å². The van der Waals surface area contributed by atoms with Gasteiger partial charge in [-0.05, 0) is 93.8 Å². The monoisotopic (exact) mass is 1160 g/mol. The van der Waals surface area contributed by atoms with E-state index in [1.54, 1.807) is 27.7 Å². The van der Waals surface area contributed by atoms with E-state index in [1.165, 1.54) is 97.5 Å². The zero-order chi connectivity index (χ0) is 63.7. The van der Waals surface area contributed by atoms with Gasteiger partial charge >= 0.3 is 0 Å². The molecule has 1 heterocycles. The van der Waals surface area contributed by atoms with Crippen molar-refractivity contribution in [1.29, 1.82) is 0 Å². The molecule has 11 amide bonds. The van der Waals surface area contributed by atoms with Crippen LogP contribution in [0.3, 0.4) is 0 Å². The largest absolute Gasteiger partial charge is 0.343 e. The third-order valence-corrected chi connectivity index (χ3v) is 15.4. The predicted octanol–water partition coefficient (Wildman–Crippen LogP) is 3.74. The molecule has 82 heavy (non-hydrogen) atoms. The highest BCUT2D eigenvalue weighted by Crippen LogP contribution is 2.25. The second-order valence-electron chi connectivity index (χ2n) is 25.9. The van der Waals surface area contributed by atoms with E-state index in [-0.39, 0.29) is 68.1 Å². The molecule has 0 aromatic carbocycles. The van der Waals surface area contributed by atoms with Gasteiger partial charge in [0.25, 0.3) is 0 Å². The van der Waals surface area contributed by atoms with Gasteiger partial charge in [-0.2, -0.15) is 0 Å². The minimum absolute atomic E-state index is 0.109. The van der Waals surface area contributed by atoms with Gasteiger partial charge in [0.15, 0.2) is 0 Å². The van der Waals surface area contributed by atoms with E-state index in [2.05, 4.69) is 21.3 Å². The number of carbonyl (C=O) groups is 11. The average molecular weight is 1160 g/mol. The first kappa shape index (κ1) is 74.2. The van der Waals surface area contributed by atoms with E-state index in [0.29, 0.717) is 6.42 Å². The molecular formula is C60H109N11O11. The topological polar surface area (TPSA) is 259 Å². The number of hydrogen-bond acceptors (Lipinski definition) is 11. The summed E-state index contributed by atoms with van der Waals surface area (Å²) < 4.78 is 0. The van der Waals surface area contributed by atoms with Gasteiger partial charge in [0.1, 0.15) is 60.4 Å². The molecule has 1 aliphatic heterocycles. The van der Waals surface area contributed by atoms with E-state index >= 15 is 4.79 Å². The third kappa shape index (κ3) is 21.1. The Labute approximate surface area is 492 Å². The van der Waals surface area contributed by atoms with Gasteiger partial charge in [-0.25, -0.2) is 0 Å². The maximum Gasteiger partial charge on any atom is 0.246 e. The van der Waals surface area contributed by atoms with Crippen LogP contribution in [0.15, 0.2) is 0 Å². The lowest BCUT2D eigenvalue weighted by atomic mass is 9.94. The van der Waals surface area contributed by atoms with Crippen LogP contribution in [0.25, 0.3) is 0 Å². The molecule has 0 unspecified atom stereocenters. The van der Waals surface area contributed by atoms with Crippen LogP contribution < -0.4 is 21.3 Å². The highest BCUT2D eigenvalue weighted by molar-refractivity contribution is 5.99. The molecule has 1 saturated heterocycles. The molecule has 22 heteroatoms. The summed E-state index contributed by atoms with van der Waals surface area (Å²) in [5, 5.41) is 11.2. The molecule has 0 radical (unpaired) electrons. The zero-order valence-corrected chi connectivity index (χ0v) is 54.6. The van der Waals surface area contributed by atoms with Crippen LogP contribution in [0.5, 0.6) is 0 Å². The minimum atomic E-state index is -1.21. The van der Waals surface area contributed by atoms with Crippen LogP contribution in [0, 0.1) is 41.4 Å². The lowest BCUT2D eigenvalue weighted by Gasteiger charge is -2.41. The summed E-state index contributed by atoms with van der Waals surface area (Å²) in [5.74, 6) is -8.19. The molecule has 0 saturated carbocycles. The molecule has 22 nitrogen and oxygen atoms in total. The highest BCUT2D eigenvalue weighted by atomic mass is 16.2. The molecule has 0 bridgehead atoms. The Kier molecular flexibility index (Phi) is 30.3. The number of likely N-dealkylation sites (N-methyl/N-ethyl adjacent to an activating group) is 7. The first-order valence-electron chi connectivity index (χ1n) is 29.8. The molecule has 0 aromatic rings. The van der Waals surface area contributed by atoms with Crippen molar-refractivity contribution in [3.8, 4) is 0 Å². The van der Waals surface area contributed by atoms with Gasteiger partial charge in [-0.1, -0.05) is 110 Å². The normalized spacial score (nSPS) is 26.6. The quantitative estimate of drug-likeness (QED) is 0.195. The molecule has 1 fully saturated rings. The predicted molar refractivity (Wildman–Crippen MR) is 318 cm³/mol. The minimum Gasteiger partial charge on any atom is -0.343 e. The summed E-state index contributed by atoms with van der Waals surface area (Å²) in [6, 6.07) is -11.3. The zero-order valence-electron chi connectivity index (χ0n) is 54.6. The molecule has 1 rings (SSSR count). The van der Waals surface area contributed by atoms with Crippen LogP contribution in [0.2, 0.25) is 0 Å². The third-order valence-electron chi connectivity index (χ3n) is 15.4. The molecule has 4 N–H and O–H groups in total. The van der Waals surface area contributed by atoms with Crippen molar-refractivity contribution >= 4 is 65.0 Å². The van der Waals surface area contributed by atoms with Crippen molar-refractivity contribution in [2.75, 3.05) is 55.9 Å². The first-order chi connectivity index (χ1) is 37.7. The number of hydrogen-bond donors (Lipinski definition) is 4.